The number of carboxylic acid groups (broad SMARTS) is 1. The monoisotopic (exact) mass is 317 g/mol. The number of carbonyl (C=O) groups excluding carboxylic acids is 1. The fraction of sp³-hybridized carbons (Fsp3) is 0.125. The number of thiophene rings is 1. The number of carboxylic acids is 1. The van der Waals surface area contributed by atoms with Gasteiger partial charge in [-0.05, 0) is 6.07 Å². The molecule has 4 nitrogen and oxygen atoms in total. The number of halogens is 1. The van der Waals surface area contributed by atoms with E-state index in [1.807, 2.05) is 24.3 Å². The van der Waals surface area contributed by atoms with Crippen molar-refractivity contribution in [1.29, 1.82) is 0 Å². The maximum Gasteiger partial charge on any atom is 0.303 e. The lowest BCUT2D eigenvalue weighted by atomic mass is 10.1. The number of carbonyl (C=O) groups is 2. The molecule has 0 radical (unpaired) electrons. The van der Waals surface area contributed by atoms with Crippen LogP contribution in [-0.4, -0.2) is 21.8 Å². The minimum absolute atomic E-state index is 0.0125. The number of Topliss-reactive ketones (excluding diaryl/α,β-unsaturated/α-hetero) is 1. The van der Waals surface area contributed by atoms with E-state index in [4.69, 9.17) is 5.11 Å². The van der Waals surface area contributed by atoms with Gasteiger partial charge in [0, 0.05) is 40.0 Å². The SMILES string of the molecule is O=C(O)CCC(=O)c1scc(-c2c[nH]c3ccccc23)c1F. The second-order valence-corrected chi connectivity index (χ2v) is 5.74. The second-order valence-electron chi connectivity index (χ2n) is 4.86. The molecule has 3 rings (SSSR count). The summed E-state index contributed by atoms with van der Waals surface area (Å²) in [5, 5.41) is 11.1. The third-order valence-electron chi connectivity index (χ3n) is 3.43. The molecule has 3 aromatic rings. The van der Waals surface area contributed by atoms with Crippen molar-refractivity contribution in [1.82, 2.24) is 4.98 Å². The topological polar surface area (TPSA) is 70.2 Å². The van der Waals surface area contributed by atoms with Crippen LogP contribution in [0.15, 0.2) is 35.8 Å². The molecule has 0 saturated heterocycles. The highest BCUT2D eigenvalue weighted by molar-refractivity contribution is 7.12. The van der Waals surface area contributed by atoms with Crippen molar-refractivity contribution in [3.05, 3.63) is 46.5 Å². The first-order valence-corrected chi connectivity index (χ1v) is 7.54. The number of ketones is 1. The van der Waals surface area contributed by atoms with Crippen molar-refractivity contribution >= 4 is 34.0 Å². The summed E-state index contributed by atoms with van der Waals surface area (Å²) < 4.78 is 14.5. The maximum absolute atomic E-state index is 14.5. The van der Waals surface area contributed by atoms with Gasteiger partial charge in [0.1, 0.15) is 4.88 Å². The van der Waals surface area contributed by atoms with Crippen LogP contribution in [0.5, 0.6) is 0 Å². The van der Waals surface area contributed by atoms with Crippen LogP contribution in [0.25, 0.3) is 22.0 Å². The van der Waals surface area contributed by atoms with Crippen LogP contribution in [0.1, 0.15) is 22.5 Å². The molecule has 0 unspecified atom stereocenters. The summed E-state index contributed by atoms with van der Waals surface area (Å²) in [6.07, 6.45) is 1.22. The predicted molar refractivity (Wildman–Crippen MR) is 82.8 cm³/mol. The molecule has 2 N–H and O–H groups in total. The van der Waals surface area contributed by atoms with Gasteiger partial charge in [-0.3, -0.25) is 9.59 Å². The zero-order valence-corrected chi connectivity index (χ0v) is 12.2. The average Bonchev–Trinajstić information content (AvgIpc) is 3.08. The van der Waals surface area contributed by atoms with Gasteiger partial charge in [-0.2, -0.15) is 0 Å². The van der Waals surface area contributed by atoms with Gasteiger partial charge >= 0.3 is 5.97 Å². The maximum atomic E-state index is 14.5. The number of H-pyrrole nitrogens is 1. The number of fused-ring (bicyclic) bond motifs is 1. The number of benzene rings is 1. The molecule has 6 heteroatoms. The molecule has 0 amide bonds. The van der Waals surface area contributed by atoms with Gasteiger partial charge in [0.15, 0.2) is 11.6 Å². The molecule has 0 aliphatic carbocycles. The fourth-order valence-corrected chi connectivity index (χ4v) is 3.25. The molecule has 0 aliphatic heterocycles. The van der Waals surface area contributed by atoms with Gasteiger partial charge in [0.2, 0.25) is 0 Å². The Morgan fingerprint density at radius 2 is 1.95 bits per heavy atom. The minimum atomic E-state index is -1.07. The van der Waals surface area contributed by atoms with Crippen molar-refractivity contribution in [2.24, 2.45) is 0 Å². The van der Waals surface area contributed by atoms with Crippen LogP contribution in [0.3, 0.4) is 0 Å². The van der Waals surface area contributed by atoms with E-state index >= 15 is 0 Å². The van der Waals surface area contributed by atoms with Gasteiger partial charge in [0.05, 0.1) is 6.42 Å². The Balaban J connectivity index is 1.97. The standard InChI is InChI=1S/C16H12FNO3S/c17-15-11(8-22-16(15)13(19)5-6-14(20)21)10-7-18-12-4-2-1-3-9(10)12/h1-4,7-8,18H,5-6H2,(H,20,21). The number of para-hydroxylation sites is 1. The van der Waals surface area contributed by atoms with E-state index in [9.17, 15) is 14.0 Å². The number of nitrogens with one attached hydrogen (secondary N) is 1. The van der Waals surface area contributed by atoms with Crippen LogP contribution < -0.4 is 0 Å². The van der Waals surface area contributed by atoms with Crippen molar-refractivity contribution < 1.29 is 19.1 Å². The van der Waals surface area contributed by atoms with Gasteiger partial charge in [-0.1, -0.05) is 18.2 Å². The van der Waals surface area contributed by atoms with Crippen molar-refractivity contribution in [2.75, 3.05) is 0 Å². The molecule has 0 spiro atoms. The molecular weight excluding hydrogens is 305 g/mol. The molecule has 1 aromatic carbocycles. The summed E-state index contributed by atoms with van der Waals surface area (Å²) in [5.74, 6) is -2.12. The lowest BCUT2D eigenvalue weighted by molar-refractivity contribution is -0.136. The van der Waals surface area contributed by atoms with Crippen LogP contribution in [0.4, 0.5) is 4.39 Å². The number of hydrogen-bond acceptors (Lipinski definition) is 3. The van der Waals surface area contributed by atoms with Gasteiger partial charge < -0.3 is 10.1 Å². The van der Waals surface area contributed by atoms with E-state index in [-0.39, 0.29) is 17.7 Å². The predicted octanol–water partition coefficient (Wildman–Crippen LogP) is 4.08. The first-order valence-electron chi connectivity index (χ1n) is 6.66. The third kappa shape index (κ3) is 2.53. The van der Waals surface area contributed by atoms with E-state index in [1.54, 1.807) is 11.6 Å². The van der Waals surface area contributed by atoms with E-state index in [0.29, 0.717) is 11.1 Å². The second kappa shape index (κ2) is 5.73. The van der Waals surface area contributed by atoms with Gasteiger partial charge in [-0.15, -0.1) is 11.3 Å². The number of rotatable bonds is 5. The lowest BCUT2D eigenvalue weighted by Gasteiger charge is -1.98. The molecule has 0 bridgehead atoms. The average molecular weight is 317 g/mol. The Labute approximate surface area is 129 Å². The van der Waals surface area contributed by atoms with Crippen LogP contribution in [-0.2, 0) is 4.79 Å². The molecule has 0 saturated carbocycles. The first kappa shape index (κ1) is 14.5. The number of hydrogen-bond donors (Lipinski definition) is 2. The van der Waals surface area contributed by atoms with E-state index < -0.39 is 17.6 Å². The highest BCUT2D eigenvalue weighted by Crippen LogP contribution is 2.35. The summed E-state index contributed by atoms with van der Waals surface area (Å²) in [5.41, 5.74) is 1.95. The number of aromatic nitrogens is 1. The number of aromatic amines is 1. The smallest absolute Gasteiger partial charge is 0.303 e. The Morgan fingerprint density at radius 1 is 1.18 bits per heavy atom. The Hall–Kier alpha value is -2.47. The zero-order chi connectivity index (χ0) is 15.7. The molecule has 0 aliphatic rings. The van der Waals surface area contributed by atoms with E-state index in [1.165, 1.54) is 0 Å². The van der Waals surface area contributed by atoms with E-state index in [2.05, 4.69) is 4.98 Å². The van der Waals surface area contributed by atoms with Crippen LogP contribution in [0.2, 0.25) is 0 Å². The summed E-state index contributed by atoms with van der Waals surface area (Å²) >= 11 is 1.01. The quantitative estimate of drug-likeness (QED) is 0.697. The molecule has 112 valence electrons. The Kier molecular flexibility index (Phi) is 3.77. The molecule has 2 heterocycles. The highest BCUT2D eigenvalue weighted by Gasteiger charge is 2.21. The molecule has 0 fully saturated rings. The van der Waals surface area contributed by atoms with Crippen molar-refractivity contribution in [3.63, 3.8) is 0 Å². The van der Waals surface area contributed by atoms with Crippen LogP contribution >= 0.6 is 11.3 Å². The summed E-state index contributed by atoms with van der Waals surface area (Å²) in [6.45, 7) is 0. The summed E-state index contributed by atoms with van der Waals surface area (Å²) in [7, 11) is 0. The third-order valence-corrected chi connectivity index (χ3v) is 4.43. The Morgan fingerprint density at radius 3 is 2.73 bits per heavy atom. The largest absolute Gasteiger partial charge is 0.481 e. The first-order chi connectivity index (χ1) is 10.6. The minimum Gasteiger partial charge on any atom is -0.481 e. The molecule has 22 heavy (non-hydrogen) atoms. The van der Waals surface area contributed by atoms with E-state index in [0.717, 1.165) is 22.2 Å². The summed E-state index contributed by atoms with van der Waals surface area (Å²) in [6, 6.07) is 7.52. The lowest BCUT2D eigenvalue weighted by Crippen LogP contribution is -2.03. The fourth-order valence-electron chi connectivity index (χ4n) is 2.34. The summed E-state index contributed by atoms with van der Waals surface area (Å²) in [4.78, 5) is 25.5. The van der Waals surface area contributed by atoms with Crippen molar-refractivity contribution in [2.45, 2.75) is 12.8 Å². The normalized spacial score (nSPS) is 11.0. The zero-order valence-electron chi connectivity index (χ0n) is 11.4. The van der Waals surface area contributed by atoms with Gasteiger partial charge in [0.25, 0.3) is 0 Å². The molecule has 2 aromatic heterocycles. The molecule has 0 atom stereocenters. The Bertz CT molecular complexity index is 865. The number of aliphatic carboxylic acids is 1. The highest BCUT2D eigenvalue weighted by atomic mass is 32.1. The van der Waals surface area contributed by atoms with Gasteiger partial charge in [-0.25, -0.2) is 4.39 Å². The van der Waals surface area contributed by atoms with Crippen LogP contribution in [0, 0.1) is 5.82 Å². The molecular formula is C16H12FNO3S. The van der Waals surface area contributed by atoms with Crippen molar-refractivity contribution in [3.8, 4) is 11.1 Å².